The van der Waals surface area contributed by atoms with Gasteiger partial charge in [-0.3, -0.25) is 4.98 Å². The van der Waals surface area contributed by atoms with Gasteiger partial charge in [0.1, 0.15) is 11.3 Å². The van der Waals surface area contributed by atoms with E-state index in [9.17, 15) is 4.39 Å². The van der Waals surface area contributed by atoms with Crippen molar-refractivity contribution in [1.29, 1.82) is 0 Å². The second-order valence-electron chi connectivity index (χ2n) is 8.34. The molecule has 2 aromatic carbocycles. The highest BCUT2D eigenvalue weighted by Crippen LogP contribution is 2.41. The molecule has 0 bridgehead atoms. The Hall–Kier alpha value is -3.25. The van der Waals surface area contributed by atoms with Crippen LogP contribution in [-0.4, -0.2) is 29.1 Å². The summed E-state index contributed by atoms with van der Waals surface area (Å²) in [7, 11) is 0. The molecule has 0 aliphatic carbocycles. The number of hydrogen-bond acceptors (Lipinski definition) is 5. The molecule has 0 amide bonds. The van der Waals surface area contributed by atoms with E-state index < -0.39 is 0 Å². The summed E-state index contributed by atoms with van der Waals surface area (Å²) in [5.41, 5.74) is 13.4. The van der Waals surface area contributed by atoms with Gasteiger partial charge in [0, 0.05) is 49.6 Å². The molecule has 2 N–H and O–H groups in total. The average Bonchev–Trinajstić information content (AvgIpc) is 3.12. The fourth-order valence-corrected chi connectivity index (χ4v) is 4.44. The number of oxazole rings is 1. The summed E-state index contributed by atoms with van der Waals surface area (Å²) < 4.78 is 19.9. The van der Waals surface area contributed by atoms with Crippen molar-refractivity contribution >= 4 is 16.8 Å². The topological polar surface area (TPSA) is 68.2 Å². The number of benzene rings is 2. The van der Waals surface area contributed by atoms with Gasteiger partial charge in [-0.05, 0) is 60.7 Å². The Morgan fingerprint density at radius 2 is 1.74 bits per heavy atom. The first-order chi connectivity index (χ1) is 15.0. The third-order valence-corrected chi connectivity index (χ3v) is 5.93. The van der Waals surface area contributed by atoms with Crippen LogP contribution in [0.4, 0.5) is 10.1 Å². The molecule has 4 aromatic rings. The van der Waals surface area contributed by atoms with Crippen molar-refractivity contribution in [3.8, 4) is 22.3 Å². The summed E-state index contributed by atoms with van der Waals surface area (Å²) in [6, 6.07) is 11.4. The molecule has 158 valence electrons. The Balaban J connectivity index is 1.71. The number of nitrogens with zero attached hydrogens (tertiary/aromatic N) is 3. The second kappa shape index (κ2) is 7.78. The van der Waals surface area contributed by atoms with Crippen LogP contribution in [0, 0.1) is 19.7 Å². The summed E-state index contributed by atoms with van der Waals surface area (Å²) in [5, 5.41) is 0. The van der Waals surface area contributed by atoms with Gasteiger partial charge in [-0.2, -0.15) is 0 Å². The number of anilines is 1. The van der Waals surface area contributed by atoms with Gasteiger partial charge in [-0.1, -0.05) is 12.1 Å². The van der Waals surface area contributed by atoms with Gasteiger partial charge in [0.15, 0.2) is 11.5 Å². The molecular weight excluding hydrogens is 391 g/mol. The van der Waals surface area contributed by atoms with Gasteiger partial charge in [0.2, 0.25) is 0 Å². The number of aryl methyl sites for hydroxylation is 2. The maximum Gasteiger partial charge on any atom is 0.192 e. The molecule has 1 aliphatic heterocycles. The molecule has 1 saturated heterocycles. The van der Waals surface area contributed by atoms with E-state index in [4.69, 9.17) is 10.2 Å². The molecule has 0 atom stereocenters. The van der Waals surface area contributed by atoms with Gasteiger partial charge in [0.05, 0.1) is 5.69 Å². The van der Waals surface area contributed by atoms with Gasteiger partial charge in [0.25, 0.3) is 0 Å². The van der Waals surface area contributed by atoms with Crippen LogP contribution < -0.4 is 10.6 Å². The molecule has 0 radical (unpaired) electrons. The minimum absolute atomic E-state index is 0.218. The number of hydrogen-bond donors (Lipinski definition) is 1. The molecule has 6 heteroatoms. The highest BCUT2D eigenvalue weighted by Gasteiger charge is 2.23. The lowest BCUT2D eigenvalue weighted by Gasteiger charge is -2.35. The fourth-order valence-electron chi connectivity index (χ4n) is 4.44. The minimum Gasteiger partial charge on any atom is -0.441 e. The number of aromatic nitrogens is 2. The van der Waals surface area contributed by atoms with Crippen molar-refractivity contribution in [3.63, 3.8) is 0 Å². The van der Waals surface area contributed by atoms with Crippen LogP contribution in [-0.2, 0) is 0 Å². The van der Waals surface area contributed by atoms with E-state index in [1.807, 2.05) is 50.5 Å². The quantitative estimate of drug-likeness (QED) is 0.495. The predicted molar refractivity (Wildman–Crippen MR) is 122 cm³/mol. The summed E-state index contributed by atoms with van der Waals surface area (Å²) in [6.07, 6.45) is 5.56. The zero-order valence-electron chi connectivity index (χ0n) is 17.7. The lowest BCUT2D eigenvalue weighted by Crippen LogP contribution is -2.40. The van der Waals surface area contributed by atoms with E-state index in [2.05, 4.69) is 14.9 Å². The number of pyridine rings is 1. The third kappa shape index (κ3) is 3.79. The molecule has 0 spiro atoms. The van der Waals surface area contributed by atoms with Crippen molar-refractivity contribution in [1.82, 2.24) is 9.97 Å². The van der Waals surface area contributed by atoms with Crippen LogP contribution in [0.2, 0.25) is 0 Å². The largest absolute Gasteiger partial charge is 0.441 e. The Labute approximate surface area is 180 Å². The lowest BCUT2D eigenvalue weighted by atomic mass is 9.95. The van der Waals surface area contributed by atoms with Crippen molar-refractivity contribution in [3.05, 3.63) is 66.1 Å². The molecule has 5 nitrogen and oxygen atoms in total. The SMILES string of the molecule is Cc1cc(F)cc(-c2cncc(-c3ccc4oc(C)nc4c3)c2N2CCC(N)CC2)c1. The van der Waals surface area contributed by atoms with Crippen LogP contribution in [0.25, 0.3) is 33.4 Å². The van der Waals surface area contributed by atoms with Crippen molar-refractivity contribution in [2.75, 3.05) is 18.0 Å². The van der Waals surface area contributed by atoms with E-state index in [0.29, 0.717) is 5.89 Å². The maximum absolute atomic E-state index is 14.3. The molecule has 3 heterocycles. The maximum atomic E-state index is 14.3. The van der Waals surface area contributed by atoms with E-state index in [1.54, 1.807) is 12.1 Å². The first-order valence-electron chi connectivity index (χ1n) is 10.6. The number of halogens is 1. The van der Waals surface area contributed by atoms with Gasteiger partial charge >= 0.3 is 0 Å². The van der Waals surface area contributed by atoms with Gasteiger partial charge in [-0.15, -0.1) is 0 Å². The molecule has 5 rings (SSSR count). The molecule has 1 fully saturated rings. The first-order valence-corrected chi connectivity index (χ1v) is 10.6. The number of piperidine rings is 1. The molecule has 0 unspecified atom stereocenters. The van der Waals surface area contributed by atoms with Gasteiger partial charge < -0.3 is 15.1 Å². The predicted octanol–water partition coefficient (Wildman–Crippen LogP) is 5.24. The van der Waals surface area contributed by atoms with Crippen molar-refractivity contribution in [2.45, 2.75) is 32.7 Å². The number of nitrogens with two attached hydrogens (primary N) is 1. The Kier molecular flexibility index (Phi) is 4.94. The Bertz CT molecular complexity index is 1240. The number of fused-ring (bicyclic) bond motifs is 1. The Morgan fingerprint density at radius 3 is 2.48 bits per heavy atom. The molecule has 2 aromatic heterocycles. The van der Waals surface area contributed by atoms with Crippen LogP contribution in [0.3, 0.4) is 0 Å². The normalized spacial score (nSPS) is 15.0. The van der Waals surface area contributed by atoms with E-state index in [1.165, 1.54) is 0 Å². The highest BCUT2D eigenvalue weighted by molar-refractivity contribution is 5.92. The van der Waals surface area contributed by atoms with Crippen LogP contribution in [0.1, 0.15) is 24.3 Å². The molecule has 0 saturated carbocycles. The lowest BCUT2D eigenvalue weighted by molar-refractivity contribution is 0.501. The standard InChI is InChI=1S/C25H25FN4O/c1-15-9-18(11-19(26)10-15)22-14-28-13-21(25(22)30-7-5-20(27)6-8-30)17-3-4-24-23(12-17)29-16(2)31-24/h3-4,9-14,20H,5-8,27H2,1-2H3. The van der Waals surface area contributed by atoms with Crippen LogP contribution in [0.5, 0.6) is 0 Å². The second-order valence-corrected chi connectivity index (χ2v) is 8.34. The monoisotopic (exact) mass is 416 g/mol. The van der Waals surface area contributed by atoms with Crippen LogP contribution in [0.15, 0.2) is 53.2 Å². The third-order valence-electron chi connectivity index (χ3n) is 5.93. The summed E-state index contributed by atoms with van der Waals surface area (Å²) in [4.78, 5) is 11.4. The molecular formula is C25H25FN4O. The van der Waals surface area contributed by atoms with E-state index in [-0.39, 0.29) is 11.9 Å². The van der Waals surface area contributed by atoms with Crippen LogP contribution >= 0.6 is 0 Å². The molecule has 1 aliphatic rings. The zero-order chi connectivity index (χ0) is 21.5. The average molecular weight is 417 g/mol. The summed E-state index contributed by atoms with van der Waals surface area (Å²) >= 11 is 0. The van der Waals surface area contributed by atoms with E-state index in [0.717, 1.165) is 70.5 Å². The first kappa shape index (κ1) is 19.7. The minimum atomic E-state index is -0.244. The Morgan fingerprint density at radius 1 is 1.00 bits per heavy atom. The zero-order valence-corrected chi connectivity index (χ0v) is 17.7. The fraction of sp³-hybridized carbons (Fsp3) is 0.280. The molecule has 31 heavy (non-hydrogen) atoms. The number of rotatable bonds is 3. The van der Waals surface area contributed by atoms with Crippen molar-refractivity contribution in [2.24, 2.45) is 5.73 Å². The van der Waals surface area contributed by atoms with Crippen molar-refractivity contribution < 1.29 is 8.81 Å². The summed E-state index contributed by atoms with van der Waals surface area (Å²) in [5.74, 6) is 0.394. The van der Waals surface area contributed by atoms with E-state index >= 15 is 0 Å². The smallest absolute Gasteiger partial charge is 0.192 e. The van der Waals surface area contributed by atoms with Gasteiger partial charge in [-0.25, -0.2) is 9.37 Å². The summed E-state index contributed by atoms with van der Waals surface area (Å²) in [6.45, 7) is 5.45. The highest BCUT2D eigenvalue weighted by atomic mass is 19.1.